The highest BCUT2D eigenvalue weighted by Crippen LogP contribution is 2.22. The molecule has 6 nitrogen and oxygen atoms in total. The van der Waals surface area contributed by atoms with Crippen molar-refractivity contribution in [3.8, 4) is 0 Å². The third-order valence-electron chi connectivity index (χ3n) is 8.67. The smallest absolute Gasteiger partial charge is 0.306 e. The lowest BCUT2D eigenvalue weighted by molar-refractivity contribution is -0.169. The van der Waals surface area contributed by atoms with E-state index in [1.807, 2.05) is 0 Å². The summed E-state index contributed by atoms with van der Waals surface area (Å²) in [5, 5.41) is 8.88. The first-order valence-corrected chi connectivity index (χ1v) is 19.0. The molecule has 0 aliphatic rings. The number of ether oxygens (including phenoxy) is 2. The zero-order valence-corrected chi connectivity index (χ0v) is 29.4. The largest absolute Gasteiger partial charge is 0.481 e. The van der Waals surface area contributed by atoms with Crippen molar-refractivity contribution >= 4 is 17.9 Å². The molecule has 2 unspecified atom stereocenters. The summed E-state index contributed by atoms with van der Waals surface area (Å²) in [4.78, 5) is 36.7. The van der Waals surface area contributed by atoms with Crippen LogP contribution in [0.15, 0.2) is 0 Å². The number of carboxylic acids is 1. The zero-order valence-electron chi connectivity index (χ0n) is 29.4. The van der Waals surface area contributed by atoms with Crippen molar-refractivity contribution < 1.29 is 29.0 Å². The Morgan fingerprint density at radius 3 is 1.00 bits per heavy atom. The van der Waals surface area contributed by atoms with Gasteiger partial charge in [-0.05, 0) is 44.9 Å². The average Bonchev–Trinajstić information content (AvgIpc) is 3.00. The molecule has 0 heterocycles. The Hall–Kier alpha value is -1.59. The highest BCUT2D eigenvalue weighted by Gasteiger charge is 2.28. The number of esters is 2. The van der Waals surface area contributed by atoms with Crippen LogP contribution in [-0.2, 0) is 23.9 Å². The summed E-state index contributed by atoms with van der Waals surface area (Å²) in [6.07, 6.45) is 29.2. The van der Waals surface area contributed by atoms with Crippen molar-refractivity contribution in [2.75, 3.05) is 0 Å². The summed E-state index contributed by atoms with van der Waals surface area (Å²) >= 11 is 0. The van der Waals surface area contributed by atoms with E-state index in [0.29, 0.717) is 25.7 Å². The highest BCUT2D eigenvalue weighted by molar-refractivity contribution is 5.70. The summed E-state index contributed by atoms with van der Waals surface area (Å²) in [7, 11) is 0. The molecule has 0 rings (SSSR count). The third kappa shape index (κ3) is 29.1. The minimum atomic E-state index is -0.742. The maximum Gasteiger partial charge on any atom is 0.306 e. The number of hydrogen-bond acceptors (Lipinski definition) is 5. The summed E-state index contributed by atoms with van der Waals surface area (Å²) in [6, 6.07) is 0. The Balaban J connectivity index is 5.09. The molecule has 1 N–H and O–H groups in total. The lowest BCUT2D eigenvalue weighted by Crippen LogP contribution is -2.35. The summed E-state index contributed by atoms with van der Waals surface area (Å²) in [5.74, 6) is -1.06. The molecular weight excluding hydrogens is 552 g/mol. The quantitative estimate of drug-likeness (QED) is 0.0566. The molecule has 0 aromatic carbocycles. The summed E-state index contributed by atoms with van der Waals surface area (Å²) in [6.45, 7) is 6.66. The van der Waals surface area contributed by atoms with E-state index in [0.717, 1.165) is 77.0 Å². The monoisotopic (exact) mass is 625 g/mol. The van der Waals surface area contributed by atoms with Gasteiger partial charge in [0, 0.05) is 19.3 Å². The van der Waals surface area contributed by atoms with Gasteiger partial charge in [0.05, 0.1) is 0 Å². The number of carbonyl (C=O) groups excluding carboxylic acids is 2. The fraction of sp³-hybridized carbons (Fsp3) is 0.921. The minimum absolute atomic E-state index is 0.156. The van der Waals surface area contributed by atoms with Gasteiger partial charge in [0.15, 0.2) is 0 Å². The Morgan fingerprint density at radius 1 is 0.409 bits per heavy atom. The molecule has 260 valence electrons. The van der Waals surface area contributed by atoms with Gasteiger partial charge < -0.3 is 14.6 Å². The van der Waals surface area contributed by atoms with Crippen molar-refractivity contribution in [3.05, 3.63) is 0 Å². The second-order valence-corrected chi connectivity index (χ2v) is 13.1. The average molecular weight is 625 g/mol. The van der Waals surface area contributed by atoms with E-state index in [2.05, 4.69) is 20.8 Å². The first-order chi connectivity index (χ1) is 21.4. The molecule has 0 aliphatic carbocycles. The van der Waals surface area contributed by atoms with Gasteiger partial charge in [0.2, 0.25) is 0 Å². The normalized spacial score (nSPS) is 12.6. The number of hydrogen-bond donors (Lipinski definition) is 1. The highest BCUT2D eigenvalue weighted by atomic mass is 16.6. The maximum absolute atomic E-state index is 13.0. The molecule has 0 bridgehead atoms. The van der Waals surface area contributed by atoms with E-state index in [9.17, 15) is 14.4 Å². The van der Waals surface area contributed by atoms with Gasteiger partial charge >= 0.3 is 17.9 Å². The fourth-order valence-electron chi connectivity index (χ4n) is 5.83. The fourth-order valence-corrected chi connectivity index (χ4v) is 5.83. The van der Waals surface area contributed by atoms with Crippen LogP contribution in [0.3, 0.4) is 0 Å². The molecular formula is C38H72O6. The second-order valence-electron chi connectivity index (χ2n) is 13.1. The van der Waals surface area contributed by atoms with Crippen LogP contribution in [0.4, 0.5) is 0 Å². The molecule has 0 radical (unpaired) electrons. The third-order valence-corrected chi connectivity index (χ3v) is 8.67. The molecule has 0 aliphatic heterocycles. The van der Waals surface area contributed by atoms with Crippen LogP contribution in [-0.4, -0.2) is 35.2 Å². The van der Waals surface area contributed by atoms with E-state index in [-0.39, 0.29) is 24.5 Å². The minimum Gasteiger partial charge on any atom is -0.481 e. The number of aliphatic carboxylic acids is 1. The molecule has 0 aromatic rings. The number of carbonyl (C=O) groups is 3. The zero-order chi connectivity index (χ0) is 32.5. The predicted molar refractivity (Wildman–Crippen MR) is 183 cm³/mol. The first-order valence-electron chi connectivity index (χ1n) is 19.0. The molecule has 0 amide bonds. The SMILES string of the molecule is CCCCCCCCCC(=O)OC(CCCCCCCC)C(CCCCCCCC(=O)O)OC(=O)CCCCCCCCC. The Labute approximate surface area is 272 Å². The topological polar surface area (TPSA) is 89.9 Å². The summed E-state index contributed by atoms with van der Waals surface area (Å²) < 4.78 is 12.2. The van der Waals surface area contributed by atoms with Crippen molar-refractivity contribution in [2.24, 2.45) is 0 Å². The van der Waals surface area contributed by atoms with Crippen molar-refractivity contribution in [1.82, 2.24) is 0 Å². The molecule has 44 heavy (non-hydrogen) atoms. The number of carboxylic acid groups (broad SMARTS) is 1. The van der Waals surface area contributed by atoms with Crippen LogP contribution < -0.4 is 0 Å². The van der Waals surface area contributed by atoms with E-state index in [1.165, 1.54) is 83.5 Å². The molecule has 0 aromatic heterocycles. The van der Waals surface area contributed by atoms with Gasteiger partial charge in [-0.25, -0.2) is 0 Å². The van der Waals surface area contributed by atoms with Crippen LogP contribution in [0, 0.1) is 0 Å². The van der Waals surface area contributed by atoms with E-state index >= 15 is 0 Å². The first kappa shape index (κ1) is 42.4. The lowest BCUT2D eigenvalue weighted by atomic mass is 9.99. The molecule has 2 atom stereocenters. The number of rotatable bonds is 34. The predicted octanol–water partition coefficient (Wildman–Crippen LogP) is 11.7. The van der Waals surface area contributed by atoms with Gasteiger partial charge in [-0.1, -0.05) is 149 Å². The Bertz CT molecular complexity index is 664. The van der Waals surface area contributed by atoms with Crippen molar-refractivity contribution in [3.63, 3.8) is 0 Å². The summed E-state index contributed by atoms with van der Waals surface area (Å²) in [5.41, 5.74) is 0. The van der Waals surface area contributed by atoms with Crippen molar-refractivity contribution in [2.45, 2.75) is 226 Å². The van der Waals surface area contributed by atoms with Gasteiger partial charge in [-0.2, -0.15) is 0 Å². The Kier molecular flexibility index (Phi) is 31.6. The van der Waals surface area contributed by atoms with Gasteiger partial charge in [0.1, 0.15) is 12.2 Å². The molecule has 0 fully saturated rings. The van der Waals surface area contributed by atoms with E-state index < -0.39 is 12.1 Å². The molecule has 0 saturated heterocycles. The van der Waals surface area contributed by atoms with Crippen LogP contribution in [0.2, 0.25) is 0 Å². The molecule has 6 heteroatoms. The van der Waals surface area contributed by atoms with Crippen LogP contribution in [0.25, 0.3) is 0 Å². The lowest BCUT2D eigenvalue weighted by Gasteiger charge is -2.27. The van der Waals surface area contributed by atoms with Gasteiger partial charge in [-0.15, -0.1) is 0 Å². The van der Waals surface area contributed by atoms with E-state index in [4.69, 9.17) is 14.6 Å². The van der Waals surface area contributed by atoms with Crippen LogP contribution in [0.5, 0.6) is 0 Å². The van der Waals surface area contributed by atoms with Crippen LogP contribution >= 0.6 is 0 Å². The maximum atomic E-state index is 13.0. The van der Waals surface area contributed by atoms with Gasteiger partial charge in [0.25, 0.3) is 0 Å². The van der Waals surface area contributed by atoms with Gasteiger partial charge in [-0.3, -0.25) is 14.4 Å². The Morgan fingerprint density at radius 2 is 0.682 bits per heavy atom. The van der Waals surface area contributed by atoms with Crippen molar-refractivity contribution in [1.29, 1.82) is 0 Å². The second kappa shape index (κ2) is 32.8. The van der Waals surface area contributed by atoms with Crippen LogP contribution in [0.1, 0.15) is 213 Å². The molecule has 0 saturated carbocycles. The standard InChI is InChI=1S/C38H72O6/c1-4-7-10-13-16-22-27-32-37(41)43-34(29-24-19-15-12-9-6-3)35(30-25-20-18-21-26-31-36(39)40)44-38(42)33-28-23-17-14-11-8-5-2/h34-35H,4-33H2,1-3H3,(H,39,40). The molecule has 0 spiro atoms. The number of unbranched alkanes of at least 4 members (excludes halogenated alkanes) is 21. The van der Waals surface area contributed by atoms with E-state index in [1.54, 1.807) is 0 Å².